The predicted octanol–water partition coefficient (Wildman–Crippen LogP) is 3.83. The molecule has 106 valence electrons. The van der Waals surface area contributed by atoms with Crippen molar-refractivity contribution in [1.29, 1.82) is 0 Å². The number of hydrogen-bond donors (Lipinski definition) is 1. The summed E-state index contributed by atoms with van der Waals surface area (Å²) in [5.74, 6) is 0. The lowest BCUT2D eigenvalue weighted by Crippen LogP contribution is -2.25. The number of aromatic nitrogens is 1. The number of nitrogens with zero attached hydrogens (tertiary/aromatic N) is 2. The lowest BCUT2D eigenvalue weighted by Gasteiger charge is -2.25. The molecule has 1 aromatic carbocycles. The highest BCUT2D eigenvalue weighted by Crippen LogP contribution is 2.34. The summed E-state index contributed by atoms with van der Waals surface area (Å²) >= 11 is 0. The molecule has 3 rings (SSSR count). The average molecular weight is 269 g/mol. The van der Waals surface area contributed by atoms with Crippen molar-refractivity contribution in [2.24, 2.45) is 5.41 Å². The van der Waals surface area contributed by atoms with Gasteiger partial charge in [-0.3, -0.25) is 4.98 Å². The van der Waals surface area contributed by atoms with Gasteiger partial charge in [0.15, 0.2) is 0 Å². The Hall–Kier alpha value is -1.77. The monoisotopic (exact) mass is 269 g/mol. The third-order valence-corrected chi connectivity index (χ3v) is 4.46. The number of nitrogen functional groups attached to an aromatic ring is 1. The van der Waals surface area contributed by atoms with Crippen LogP contribution in [0.2, 0.25) is 0 Å². The minimum absolute atomic E-state index is 0.450. The molecule has 1 aliphatic heterocycles. The second-order valence-electron chi connectivity index (χ2n) is 6.58. The summed E-state index contributed by atoms with van der Waals surface area (Å²) in [6, 6.07) is 8.15. The molecule has 2 heterocycles. The van der Waals surface area contributed by atoms with Gasteiger partial charge in [-0.25, -0.2) is 0 Å². The van der Waals surface area contributed by atoms with Crippen LogP contribution in [-0.2, 0) is 0 Å². The second kappa shape index (κ2) is 4.97. The van der Waals surface area contributed by atoms with Crippen molar-refractivity contribution in [1.82, 2.24) is 4.98 Å². The summed E-state index contributed by atoms with van der Waals surface area (Å²) in [5.41, 5.74) is 9.60. The van der Waals surface area contributed by atoms with E-state index in [2.05, 4.69) is 35.9 Å². The van der Waals surface area contributed by atoms with Gasteiger partial charge in [-0.2, -0.15) is 0 Å². The number of benzene rings is 1. The van der Waals surface area contributed by atoms with E-state index >= 15 is 0 Å². The van der Waals surface area contributed by atoms with Crippen molar-refractivity contribution in [3.05, 3.63) is 30.5 Å². The van der Waals surface area contributed by atoms with E-state index in [4.69, 9.17) is 5.73 Å². The Balaban J connectivity index is 2.00. The van der Waals surface area contributed by atoms with Gasteiger partial charge >= 0.3 is 0 Å². The van der Waals surface area contributed by atoms with E-state index in [1.165, 1.54) is 24.9 Å². The average Bonchev–Trinajstić information content (AvgIpc) is 2.61. The molecule has 1 saturated heterocycles. The lowest BCUT2D eigenvalue weighted by atomic mass is 9.85. The van der Waals surface area contributed by atoms with Crippen LogP contribution in [0.15, 0.2) is 30.5 Å². The molecule has 0 amide bonds. The molecule has 3 nitrogen and oxygen atoms in total. The van der Waals surface area contributed by atoms with Crippen LogP contribution in [0.25, 0.3) is 10.9 Å². The van der Waals surface area contributed by atoms with Crippen molar-refractivity contribution in [2.75, 3.05) is 23.7 Å². The SMILES string of the molecule is CC1(C)CCCN(c2ccc(N)c3cccnc23)CC1. The van der Waals surface area contributed by atoms with Crippen LogP contribution in [0.3, 0.4) is 0 Å². The highest BCUT2D eigenvalue weighted by Gasteiger charge is 2.24. The van der Waals surface area contributed by atoms with E-state index in [1.807, 2.05) is 18.3 Å². The van der Waals surface area contributed by atoms with E-state index in [0.717, 1.165) is 29.7 Å². The quantitative estimate of drug-likeness (QED) is 0.800. The van der Waals surface area contributed by atoms with Crippen LogP contribution >= 0.6 is 0 Å². The minimum atomic E-state index is 0.450. The molecule has 1 aliphatic rings. The maximum Gasteiger partial charge on any atom is 0.0955 e. The molecule has 0 unspecified atom stereocenters. The number of rotatable bonds is 1. The summed E-state index contributed by atoms with van der Waals surface area (Å²) < 4.78 is 0. The third kappa shape index (κ3) is 2.45. The Labute approximate surface area is 120 Å². The van der Waals surface area contributed by atoms with E-state index < -0.39 is 0 Å². The Morgan fingerprint density at radius 3 is 2.85 bits per heavy atom. The van der Waals surface area contributed by atoms with E-state index in [1.54, 1.807) is 0 Å². The summed E-state index contributed by atoms with van der Waals surface area (Å²) in [7, 11) is 0. The molecule has 2 N–H and O–H groups in total. The van der Waals surface area contributed by atoms with Crippen LogP contribution in [0, 0.1) is 5.41 Å². The Morgan fingerprint density at radius 1 is 1.15 bits per heavy atom. The van der Waals surface area contributed by atoms with E-state index in [9.17, 15) is 0 Å². The van der Waals surface area contributed by atoms with Crippen LogP contribution < -0.4 is 10.6 Å². The molecule has 0 bridgehead atoms. The van der Waals surface area contributed by atoms with Crippen molar-refractivity contribution < 1.29 is 0 Å². The third-order valence-electron chi connectivity index (χ3n) is 4.46. The topological polar surface area (TPSA) is 42.1 Å². The molecule has 20 heavy (non-hydrogen) atoms. The number of pyridine rings is 1. The van der Waals surface area contributed by atoms with Crippen molar-refractivity contribution in [3.63, 3.8) is 0 Å². The molecular weight excluding hydrogens is 246 g/mol. The standard InChI is InChI=1S/C17H23N3/c1-17(2)8-4-11-20(12-9-17)15-7-6-14(18)13-5-3-10-19-16(13)15/h3,5-7,10H,4,8-9,11-12,18H2,1-2H3. The molecule has 1 aromatic heterocycles. The summed E-state index contributed by atoms with van der Waals surface area (Å²) in [4.78, 5) is 7.04. The highest BCUT2D eigenvalue weighted by molar-refractivity contribution is 5.98. The molecule has 1 fully saturated rings. The molecule has 0 aliphatic carbocycles. The number of fused-ring (bicyclic) bond motifs is 1. The fourth-order valence-corrected chi connectivity index (χ4v) is 3.10. The lowest BCUT2D eigenvalue weighted by molar-refractivity contribution is 0.325. The van der Waals surface area contributed by atoms with Crippen molar-refractivity contribution >= 4 is 22.3 Å². The van der Waals surface area contributed by atoms with Gasteiger partial charge in [0, 0.05) is 30.4 Å². The maximum atomic E-state index is 6.07. The van der Waals surface area contributed by atoms with Gasteiger partial charge in [0.1, 0.15) is 0 Å². The Morgan fingerprint density at radius 2 is 2.00 bits per heavy atom. The molecule has 0 spiro atoms. The van der Waals surface area contributed by atoms with Crippen LogP contribution in [0.4, 0.5) is 11.4 Å². The molecule has 2 aromatic rings. The minimum Gasteiger partial charge on any atom is -0.398 e. The molecule has 3 heteroatoms. The predicted molar refractivity (Wildman–Crippen MR) is 86.0 cm³/mol. The molecule has 0 radical (unpaired) electrons. The van der Waals surface area contributed by atoms with Gasteiger partial charge < -0.3 is 10.6 Å². The molecule has 0 atom stereocenters. The molecular formula is C17H23N3. The fraction of sp³-hybridized carbons (Fsp3) is 0.471. The Bertz CT molecular complexity index is 619. The van der Waals surface area contributed by atoms with Crippen LogP contribution in [-0.4, -0.2) is 18.1 Å². The largest absolute Gasteiger partial charge is 0.398 e. The normalized spacial score (nSPS) is 19.0. The second-order valence-corrected chi connectivity index (χ2v) is 6.58. The first-order valence-electron chi connectivity index (χ1n) is 7.45. The van der Waals surface area contributed by atoms with Crippen molar-refractivity contribution in [3.8, 4) is 0 Å². The molecule has 0 saturated carbocycles. The summed E-state index contributed by atoms with van der Waals surface area (Å²) in [6.45, 7) is 6.95. The first-order chi connectivity index (χ1) is 9.57. The summed E-state index contributed by atoms with van der Waals surface area (Å²) in [6.07, 6.45) is 5.62. The van der Waals surface area contributed by atoms with Gasteiger partial charge in [0.25, 0.3) is 0 Å². The van der Waals surface area contributed by atoms with E-state index in [0.29, 0.717) is 5.41 Å². The first-order valence-corrected chi connectivity index (χ1v) is 7.45. The van der Waals surface area contributed by atoms with Crippen molar-refractivity contribution in [2.45, 2.75) is 33.1 Å². The zero-order valence-electron chi connectivity index (χ0n) is 12.4. The van der Waals surface area contributed by atoms with E-state index in [-0.39, 0.29) is 0 Å². The number of hydrogen-bond acceptors (Lipinski definition) is 3. The first kappa shape index (κ1) is 13.2. The van der Waals surface area contributed by atoms with Crippen LogP contribution in [0.1, 0.15) is 33.1 Å². The summed E-state index contributed by atoms with van der Waals surface area (Å²) in [5, 5.41) is 1.06. The zero-order valence-corrected chi connectivity index (χ0v) is 12.4. The van der Waals surface area contributed by atoms with Crippen LogP contribution in [0.5, 0.6) is 0 Å². The number of nitrogens with two attached hydrogens (primary N) is 1. The van der Waals surface area contributed by atoms with Gasteiger partial charge in [-0.1, -0.05) is 13.8 Å². The fourth-order valence-electron chi connectivity index (χ4n) is 3.10. The zero-order chi connectivity index (χ0) is 14.2. The number of anilines is 2. The van der Waals surface area contributed by atoms with Gasteiger partial charge in [-0.15, -0.1) is 0 Å². The Kier molecular flexibility index (Phi) is 3.28. The van der Waals surface area contributed by atoms with Gasteiger partial charge in [0.2, 0.25) is 0 Å². The van der Waals surface area contributed by atoms with Gasteiger partial charge in [-0.05, 0) is 48.9 Å². The van der Waals surface area contributed by atoms with Gasteiger partial charge in [0.05, 0.1) is 11.2 Å². The smallest absolute Gasteiger partial charge is 0.0955 e. The highest BCUT2D eigenvalue weighted by atomic mass is 15.1. The maximum absolute atomic E-state index is 6.07.